The second-order valence-corrected chi connectivity index (χ2v) is 4.98. The number of hydrogen-bond acceptors (Lipinski definition) is 3. The highest BCUT2D eigenvalue weighted by Gasteiger charge is 2.06. The topological polar surface area (TPSA) is 48.1 Å². The first-order valence-electron chi connectivity index (χ1n) is 6.53. The Morgan fingerprint density at radius 1 is 1.21 bits per heavy atom. The molecule has 1 aromatic heterocycles. The highest BCUT2D eigenvalue weighted by atomic mass is 16.5. The number of hydrogen-bond donors (Lipinski definition) is 1. The molecule has 0 bridgehead atoms. The molecule has 0 atom stereocenters. The summed E-state index contributed by atoms with van der Waals surface area (Å²) in [5.74, 6) is 1.91. The van der Waals surface area contributed by atoms with E-state index in [4.69, 9.17) is 10.5 Å². The lowest BCUT2D eigenvalue weighted by molar-refractivity contribution is 0.461. The van der Waals surface area contributed by atoms with Crippen LogP contribution in [0.25, 0.3) is 0 Å². The number of pyridine rings is 1. The van der Waals surface area contributed by atoms with E-state index in [1.54, 1.807) is 6.20 Å². The van der Waals surface area contributed by atoms with Gasteiger partial charge in [0.2, 0.25) is 5.88 Å². The van der Waals surface area contributed by atoms with Crippen LogP contribution in [-0.4, -0.2) is 4.98 Å². The van der Waals surface area contributed by atoms with Gasteiger partial charge in [-0.1, -0.05) is 19.9 Å². The summed E-state index contributed by atoms with van der Waals surface area (Å²) in [6.07, 6.45) is 1.72. The van der Waals surface area contributed by atoms with Gasteiger partial charge in [-0.3, -0.25) is 0 Å². The summed E-state index contributed by atoms with van der Waals surface area (Å²) in [7, 11) is 0. The van der Waals surface area contributed by atoms with Gasteiger partial charge in [-0.25, -0.2) is 4.98 Å². The van der Waals surface area contributed by atoms with Crippen molar-refractivity contribution in [1.82, 2.24) is 4.98 Å². The van der Waals surface area contributed by atoms with Crippen LogP contribution >= 0.6 is 0 Å². The fourth-order valence-electron chi connectivity index (χ4n) is 2.11. The van der Waals surface area contributed by atoms with E-state index in [-0.39, 0.29) is 0 Å². The van der Waals surface area contributed by atoms with Gasteiger partial charge in [0.05, 0.1) is 0 Å². The minimum Gasteiger partial charge on any atom is -0.439 e. The third kappa shape index (κ3) is 3.32. The van der Waals surface area contributed by atoms with Crippen molar-refractivity contribution in [2.24, 2.45) is 5.73 Å². The van der Waals surface area contributed by atoms with E-state index in [1.807, 2.05) is 24.3 Å². The van der Waals surface area contributed by atoms with Crippen molar-refractivity contribution in [2.45, 2.75) is 33.2 Å². The molecule has 2 aromatic rings. The van der Waals surface area contributed by atoms with Crippen LogP contribution in [0.2, 0.25) is 0 Å². The molecule has 0 spiro atoms. The summed E-state index contributed by atoms with van der Waals surface area (Å²) in [6.45, 7) is 6.97. The zero-order valence-corrected chi connectivity index (χ0v) is 11.7. The van der Waals surface area contributed by atoms with Crippen LogP contribution < -0.4 is 10.5 Å². The van der Waals surface area contributed by atoms with Gasteiger partial charge in [-0.15, -0.1) is 0 Å². The Morgan fingerprint density at radius 2 is 2.00 bits per heavy atom. The summed E-state index contributed by atoms with van der Waals surface area (Å²) in [5.41, 5.74) is 9.20. The summed E-state index contributed by atoms with van der Waals surface area (Å²) >= 11 is 0. The van der Waals surface area contributed by atoms with Gasteiger partial charge in [-0.2, -0.15) is 0 Å². The number of aromatic nitrogens is 1. The van der Waals surface area contributed by atoms with Crippen LogP contribution in [0.5, 0.6) is 11.6 Å². The average molecular weight is 256 g/mol. The number of nitrogens with two attached hydrogens (primary N) is 1. The van der Waals surface area contributed by atoms with Crippen LogP contribution in [0.15, 0.2) is 36.5 Å². The third-order valence-corrected chi connectivity index (χ3v) is 3.12. The van der Waals surface area contributed by atoms with Crippen molar-refractivity contribution >= 4 is 0 Å². The second-order valence-electron chi connectivity index (χ2n) is 4.98. The maximum atomic E-state index is 5.77. The average Bonchev–Trinajstić information content (AvgIpc) is 2.38. The molecule has 0 unspecified atom stereocenters. The standard InChI is InChI=1S/C16H20N2O/c1-11(2)15-5-4-14(8-12(15)3)19-16-9-13(10-17)6-7-18-16/h4-9,11H,10,17H2,1-3H3. The summed E-state index contributed by atoms with van der Waals surface area (Å²) in [4.78, 5) is 4.19. The lowest BCUT2D eigenvalue weighted by Gasteiger charge is -2.12. The molecule has 3 nitrogen and oxygen atoms in total. The van der Waals surface area contributed by atoms with Gasteiger partial charge in [0, 0.05) is 18.8 Å². The van der Waals surface area contributed by atoms with Crippen LogP contribution in [0.1, 0.15) is 36.5 Å². The third-order valence-electron chi connectivity index (χ3n) is 3.12. The highest BCUT2D eigenvalue weighted by molar-refractivity contribution is 5.38. The summed E-state index contributed by atoms with van der Waals surface area (Å²) in [5, 5.41) is 0. The van der Waals surface area contributed by atoms with E-state index in [2.05, 4.69) is 31.8 Å². The van der Waals surface area contributed by atoms with E-state index >= 15 is 0 Å². The molecule has 2 rings (SSSR count). The van der Waals surface area contributed by atoms with Crippen molar-refractivity contribution < 1.29 is 4.74 Å². The predicted molar refractivity (Wildman–Crippen MR) is 77.5 cm³/mol. The number of aryl methyl sites for hydroxylation is 1. The van der Waals surface area contributed by atoms with E-state index < -0.39 is 0 Å². The maximum absolute atomic E-state index is 5.77. The Balaban J connectivity index is 2.21. The second kappa shape index (κ2) is 5.85. The van der Waals surface area contributed by atoms with Crippen molar-refractivity contribution in [3.05, 3.63) is 53.2 Å². The predicted octanol–water partition coefficient (Wildman–Crippen LogP) is 3.76. The van der Waals surface area contributed by atoms with Crippen LogP contribution in [0.4, 0.5) is 0 Å². The van der Waals surface area contributed by atoms with Gasteiger partial charge in [0.25, 0.3) is 0 Å². The van der Waals surface area contributed by atoms with Crippen molar-refractivity contribution in [1.29, 1.82) is 0 Å². The van der Waals surface area contributed by atoms with Crippen molar-refractivity contribution in [3.8, 4) is 11.6 Å². The Bertz CT molecular complexity index is 564. The highest BCUT2D eigenvalue weighted by Crippen LogP contribution is 2.26. The molecule has 0 radical (unpaired) electrons. The first-order chi connectivity index (χ1) is 9.10. The maximum Gasteiger partial charge on any atom is 0.219 e. The van der Waals surface area contributed by atoms with E-state index in [9.17, 15) is 0 Å². The van der Waals surface area contributed by atoms with E-state index in [0.717, 1.165) is 11.3 Å². The number of benzene rings is 1. The molecule has 3 heteroatoms. The fourth-order valence-corrected chi connectivity index (χ4v) is 2.11. The van der Waals surface area contributed by atoms with Crippen molar-refractivity contribution in [2.75, 3.05) is 0 Å². The Kier molecular flexibility index (Phi) is 4.17. The zero-order chi connectivity index (χ0) is 13.8. The fraction of sp³-hybridized carbons (Fsp3) is 0.312. The van der Waals surface area contributed by atoms with Crippen LogP contribution in [0.3, 0.4) is 0 Å². The van der Waals surface area contributed by atoms with E-state index in [0.29, 0.717) is 18.3 Å². The summed E-state index contributed by atoms with van der Waals surface area (Å²) < 4.78 is 5.77. The lowest BCUT2D eigenvalue weighted by Crippen LogP contribution is -1.98. The normalized spacial score (nSPS) is 10.8. The SMILES string of the molecule is Cc1cc(Oc2cc(CN)ccn2)ccc1C(C)C. The smallest absolute Gasteiger partial charge is 0.219 e. The molecule has 19 heavy (non-hydrogen) atoms. The quantitative estimate of drug-likeness (QED) is 0.906. The molecule has 0 aliphatic heterocycles. The molecule has 0 amide bonds. The molecule has 2 N–H and O–H groups in total. The molecule has 0 saturated carbocycles. The first-order valence-corrected chi connectivity index (χ1v) is 6.53. The lowest BCUT2D eigenvalue weighted by atomic mass is 9.98. The molecular formula is C16H20N2O. The molecule has 1 heterocycles. The minimum atomic E-state index is 0.490. The van der Waals surface area contributed by atoms with Crippen molar-refractivity contribution in [3.63, 3.8) is 0 Å². The molecule has 0 aliphatic carbocycles. The monoisotopic (exact) mass is 256 g/mol. The number of nitrogens with zero attached hydrogens (tertiary/aromatic N) is 1. The zero-order valence-electron chi connectivity index (χ0n) is 11.7. The molecule has 0 aliphatic rings. The van der Waals surface area contributed by atoms with Gasteiger partial charge in [0.15, 0.2) is 0 Å². The molecule has 1 aromatic carbocycles. The van der Waals surface area contributed by atoms with Crippen LogP contribution in [-0.2, 0) is 6.54 Å². The molecular weight excluding hydrogens is 236 g/mol. The molecule has 0 fully saturated rings. The number of ether oxygens (including phenoxy) is 1. The Hall–Kier alpha value is -1.87. The van der Waals surface area contributed by atoms with E-state index in [1.165, 1.54) is 11.1 Å². The van der Waals surface area contributed by atoms with Gasteiger partial charge in [0.1, 0.15) is 5.75 Å². The Morgan fingerprint density at radius 3 is 2.63 bits per heavy atom. The van der Waals surface area contributed by atoms with Gasteiger partial charge in [-0.05, 0) is 47.7 Å². The Labute approximate surface area is 114 Å². The summed E-state index contributed by atoms with van der Waals surface area (Å²) in [6, 6.07) is 9.90. The van der Waals surface area contributed by atoms with Gasteiger partial charge >= 0.3 is 0 Å². The van der Waals surface area contributed by atoms with Crippen LogP contribution in [0, 0.1) is 6.92 Å². The molecule has 0 saturated heterocycles. The number of rotatable bonds is 4. The molecule has 100 valence electrons. The first kappa shape index (κ1) is 13.6. The van der Waals surface area contributed by atoms with Gasteiger partial charge < -0.3 is 10.5 Å². The minimum absolute atomic E-state index is 0.490. The largest absolute Gasteiger partial charge is 0.439 e.